The summed E-state index contributed by atoms with van der Waals surface area (Å²) in [5.41, 5.74) is 1.06. The Bertz CT molecular complexity index is 1230. The van der Waals surface area contributed by atoms with Crippen molar-refractivity contribution in [3.8, 4) is 5.75 Å². The number of rotatable bonds is 7. The van der Waals surface area contributed by atoms with Crippen LogP contribution in [0.3, 0.4) is 0 Å². The molecule has 0 bridgehead atoms. The van der Waals surface area contributed by atoms with Crippen molar-refractivity contribution in [1.29, 1.82) is 0 Å². The number of aromatic nitrogens is 1. The highest BCUT2D eigenvalue weighted by Gasteiger charge is 2.36. The van der Waals surface area contributed by atoms with Crippen LogP contribution < -0.4 is 5.48 Å². The van der Waals surface area contributed by atoms with Gasteiger partial charge in [0.05, 0.1) is 10.5 Å². The van der Waals surface area contributed by atoms with Crippen LogP contribution in [-0.4, -0.2) is 33.9 Å². The molecule has 12 heteroatoms. The van der Waals surface area contributed by atoms with Gasteiger partial charge in [0.25, 0.3) is 5.91 Å². The Morgan fingerprint density at radius 3 is 2.27 bits per heavy atom. The first-order valence-corrected chi connectivity index (χ1v) is 10.8. The fourth-order valence-electron chi connectivity index (χ4n) is 3.00. The van der Waals surface area contributed by atoms with Crippen molar-refractivity contribution in [2.75, 3.05) is 0 Å². The van der Waals surface area contributed by atoms with Gasteiger partial charge in [0.1, 0.15) is 5.75 Å². The molecule has 3 rings (SSSR count). The molecule has 3 aromatic rings. The molecule has 0 aliphatic carbocycles. The number of halogens is 3. The summed E-state index contributed by atoms with van der Waals surface area (Å²) in [6.07, 6.45) is -2.04. The zero-order chi connectivity index (χ0) is 24.2. The molecular formula is C21H18F3N3O5S. The molecule has 8 nitrogen and oxygen atoms in total. The average Bonchev–Trinajstić information content (AvgIpc) is 2.78. The van der Waals surface area contributed by atoms with Crippen LogP contribution >= 0.6 is 0 Å². The summed E-state index contributed by atoms with van der Waals surface area (Å²) in [5.74, 6) is -1.84. The van der Waals surface area contributed by atoms with E-state index in [1.165, 1.54) is 42.1 Å². The second kappa shape index (κ2) is 9.57. The Balaban J connectivity index is 2.01. The normalized spacial score (nSPS) is 12.0. The first-order chi connectivity index (χ1) is 15.5. The van der Waals surface area contributed by atoms with Crippen molar-refractivity contribution in [3.05, 3.63) is 89.2 Å². The van der Waals surface area contributed by atoms with Gasteiger partial charge in [-0.05, 0) is 47.5 Å². The van der Waals surface area contributed by atoms with Crippen LogP contribution in [0.1, 0.15) is 27.0 Å². The van der Waals surface area contributed by atoms with Gasteiger partial charge >= 0.3 is 6.18 Å². The third-order valence-corrected chi connectivity index (χ3v) is 6.46. The fourth-order valence-corrected chi connectivity index (χ4v) is 4.45. The van der Waals surface area contributed by atoms with Gasteiger partial charge in [0.15, 0.2) is 0 Å². The number of nitrogens with zero attached hydrogens (tertiary/aromatic N) is 2. The molecular weight excluding hydrogens is 463 g/mol. The number of hydrogen-bond donors (Lipinski definition) is 3. The Kier molecular flexibility index (Phi) is 7.01. The smallest absolute Gasteiger partial charge is 0.419 e. The summed E-state index contributed by atoms with van der Waals surface area (Å²) in [4.78, 5) is 14.8. The predicted molar refractivity (Wildman–Crippen MR) is 109 cm³/mol. The van der Waals surface area contributed by atoms with Crippen molar-refractivity contribution in [2.45, 2.75) is 24.2 Å². The minimum Gasteiger partial charge on any atom is -0.507 e. The summed E-state index contributed by atoms with van der Waals surface area (Å²) in [7, 11) is -4.45. The van der Waals surface area contributed by atoms with Crippen molar-refractivity contribution >= 4 is 15.9 Å². The quantitative estimate of drug-likeness (QED) is 0.352. The summed E-state index contributed by atoms with van der Waals surface area (Å²) < 4.78 is 67.2. The van der Waals surface area contributed by atoms with Crippen molar-refractivity contribution < 1.29 is 36.7 Å². The van der Waals surface area contributed by atoms with E-state index in [4.69, 9.17) is 5.21 Å². The van der Waals surface area contributed by atoms with Crippen LogP contribution in [-0.2, 0) is 29.3 Å². The van der Waals surface area contributed by atoms with Crippen molar-refractivity contribution in [1.82, 2.24) is 14.8 Å². The highest BCUT2D eigenvalue weighted by molar-refractivity contribution is 7.89. The predicted octanol–water partition coefficient (Wildman–Crippen LogP) is 3.32. The molecule has 3 N–H and O–H groups in total. The number of pyridine rings is 1. The van der Waals surface area contributed by atoms with Gasteiger partial charge in [-0.3, -0.25) is 15.0 Å². The summed E-state index contributed by atoms with van der Waals surface area (Å²) in [6.45, 7) is -0.433. The van der Waals surface area contributed by atoms with Gasteiger partial charge in [-0.2, -0.15) is 17.5 Å². The van der Waals surface area contributed by atoms with Gasteiger partial charge in [-0.1, -0.05) is 18.2 Å². The SMILES string of the molecule is O=C(NO)c1ccc(CN(Cc2cccnc2)S(=O)(=O)c2ccc(O)c(C(F)(F)F)c2)cc1. The summed E-state index contributed by atoms with van der Waals surface area (Å²) in [6, 6.07) is 10.8. The van der Waals surface area contributed by atoms with Gasteiger partial charge in [-0.15, -0.1) is 0 Å². The minimum atomic E-state index is -4.95. The van der Waals surface area contributed by atoms with Crippen LogP contribution in [0.25, 0.3) is 0 Å². The topological polar surface area (TPSA) is 120 Å². The van der Waals surface area contributed by atoms with Crippen LogP contribution in [0.2, 0.25) is 0 Å². The number of carbonyl (C=O) groups is 1. The molecule has 2 aromatic carbocycles. The lowest BCUT2D eigenvalue weighted by atomic mass is 10.1. The average molecular weight is 481 g/mol. The van der Waals surface area contributed by atoms with Gasteiger partial charge in [0, 0.05) is 31.0 Å². The lowest BCUT2D eigenvalue weighted by Gasteiger charge is -2.23. The number of phenolic OH excluding ortho intramolecular Hbond substituents is 1. The number of hydrogen-bond acceptors (Lipinski definition) is 6. The van der Waals surface area contributed by atoms with Gasteiger partial charge < -0.3 is 5.11 Å². The molecule has 0 atom stereocenters. The first-order valence-electron chi connectivity index (χ1n) is 9.35. The number of alkyl halides is 3. The number of sulfonamides is 1. The van der Waals surface area contributed by atoms with E-state index in [9.17, 15) is 31.5 Å². The maximum absolute atomic E-state index is 13.3. The van der Waals surface area contributed by atoms with Crippen molar-refractivity contribution in [2.24, 2.45) is 0 Å². The lowest BCUT2D eigenvalue weighted by molar-refractivity contribution is -0.138. The minimum absolute atomic E-state index is 0.122. The number of benzene rings is 2. The van der Waals surface area contributed by atoms with E-state index in [1.54, 1.807) is 12.1 Å². The van der Waals surface area contributed by atoms with E-state index in [0.29, 0.717) is 23.3 Å². The second-order valence-corrected chi connectivity index (χ2v) is 8.89. The molecule has 0 unspecified atom stereocenters. The van der Waals surface area contributed by atoms with Gasteiger partial charge in [-0.25, -0.2) is 13.9 Å². The monoisotopic (exact) mass is 481 g/mol. The molecule has 1 amide bonds. The molecule has 0 saturated carbocycles. The molecule has 174 valence electrons. The van der Waals surface area contributed by atoms with Crippen LogP contribution in [0.15, 0.2) is 71.9 Å². The fraction of sp³-hybridized carbons (Fsp3) is 0.143. The molecule has 0 radical (unpaired) electrons. The Morgan fingerprint density at radius 1 is 1.03 bits per heavy atom. The van der Waals surface area contributed by atoms with E-state index in [1.807, 2.05) is 0 Å². The number of aromatic hydroxyl groups is 1. The molecule has 0 spiro atoms. The molecule has 0 aliphatic heterocycles. The Hall–Kier alpha value is -3.48. The van der Waals surface area contributed by atoms with E-state index >= 15 is 0 Å². The maximum Gasteiger partial charge on any atom is 0.419 e. The number of carbonyl (C=O) groups excluding carboxylic acids is 1. The third kappa shape index (κ3) is 5.66. The highest BCUT2D eigenvalue weighted by Crippen LogP contribution is 2.37. The second-order valence-electron chi connectivity index (χ2n) is 6.95. The van der Waals surface area contributed by atoms with E-state index in [2.05, 4.69) is 4.98 Å². The molecule has 1 heterocycles. The standard InChI is InChI=1S/C21H18F3N3O5S/c22-21(23,24)18-10-17(7-8-19(18)28)33(31,32)27(13-15-2-1-9-25-11-15)12-14-3-5-16(6-4-14)20(29)26-30/h1-11,28,30H,12-13H2,(H,26,29). The van der Waals surface area contributed by atoms with Crippen LogP contribution in [0, 0.1) is 0 Å². The molecule has 1 aromatic heterocycles. The number of amides is 1. The molecule has 0 fully saturated rings. The van der Waals surface area contributed by atoms with Crippen molar-refractivity contribution in [3.63, 3.8) is 0 Å². The third-order valence-electron chi connectivity index (χ3n) is 4.67. The summed E-state index contributed by atoms with van der Waals surface area (Å²) in [5, 5.41) is 18.3. The zero-order valence-corrected chi connectivity index (χ0v) is 17.6. The van der Waals surface area contributed by atoms with E-state index < -0.39 is 38.3 Å². The lowest BCUT2D eigenvalue weighted by Crippen LogP contribution is -2.30. The van der Waals surface area contributed by atoms with Crippen LogP contribution in [0.4, 0.5) is 13.2 Å². The highest BCUT2D eigenvalue weighted by atomic mass is 32.2. The molecule has 0 aliphatic rings. The van der Waals surface area contributed by atoms with E-state index in [-0.39, 0.29) is 18.7 Å². The Morgan fingerprint density at radius 2 is 1.70 bits per heavy atom. The van der Waals surface area contributed by atoms with Crippen LogP contribution in [0.5, 0.6) is 5.75 Å². The number of nitrogens with one attached hydrogen (secondary N) is 1. The first kappa shape index (κ1) is 24.2. The van der Waals surface area contributed by atoms with E-state index in [0.717, 1.165) is 10.4 Å². The molecule has 0 saturated heterocycles. The summed E-state index contributed by atoms with van der Waals surface area (Å²) >= 11 is 0. The molecule has 33 heavy (non-hydrogen) atoms. The Labute approximate surface area is 186 Å². The zero-order valence-electron chi connectivity index (χ0n) is 16.8. The van der Waals surface area contributed by atoms with Gasteiger partial charge in [0.2, 0.25) is 10.0 Å². The number of phenols is 1. The maximum atomic E-state index is 13.3. The number of hydroxylamine groups is 1. The largest absolute Gasteiger partial charge is 0.507 e.